The van der Waals surface area contributed by atoms with E-state index in [1.165, 1.54) is 0 Å². The second-order valence-electron chi connectivity index (χ2n) is 4.18. The van der Waals surface area contributed by atoms with E-state index in [4.69, 9.17) is 10.2 Å². The van der Waals surface area contributed by atoms with Crippen LogP contribution in [-0.2, 0) is 6.54 Å². The van der Waals surface area contributed by atoms with Crippen molar-refractivity contribution in [1.29, 1.82) is 0 Å². The minimum absolute atomic E-state index is 0.246. The molecular formula is C15H13NO2. The Morgan fingerprint density at radius 1 is 1.11 bits per heavy atom. The summed E-state index contributed by atoms with van der Waals surface area (Å²) in [5.41, 5.74) is 7.46. The highest BCUT2D eigenvalue weighted by molar-refractivity contribution is 5.90. The van der Waals surface area contributed by atoms with Crippen LogP contribution in [-0.4, -0.2) is 5.11 Å². The van der Waals surface area contributed by atoms with Gasteiger partial charge < -0.3 is 15.3 Å². The lowest BCUT2D eigenvalue weighted by Crippen LogP contribution is -1.97. The van der Waals surface area contributed by atoms with Gasteiger partial charge in [-0.3, -0.25) is 0 Å². The van der Waals surface area contributed by atoms with E-state index in [1.54, 1.807) is 12.3 Å². The van der Waals surface area contributed by atoms with Gasteiger partial charge in [-0.15, -0.1) is 0 Å². The summed E-state index contributed by atoms with van der Waals surface area (Å²) in [6.45, 7) is 0.323. The van der Waals surface area contributed by atoms with Crippen LogP contribution in [0.4, 0.5) is 0 Å². The lowest BCUT2D eigenvalue weighted by atomic mass is 10.0. The molecule has 0 unspecified atom stereocenters. The Hall–Kier alpha value is -2.26. The molecule has 18 heavy (non-hydrogen) atoms. The van der Waals surface area contributed by atoms with Crippen molar-refractivity contribution in [1.82, 2.24) is 0 Å². The van der Waals surface area contributed by atoms with Gasteiger partial charge in [-0.2, -0.15) is 0 Å². The van der Waals surface area contributed by atoms with E-state index in [1.807, 2.05) is 36.4 Å². The lowest BCUT2D eigenvalue weighted by Gasteiger charge is -2.08. The molecule has 0 amide bonds. The van der Waals surface area contributed by atoms with Crippen molar-refractivity contribution in [2.75, 3.05) is 0 Å². The monoisotopic (exact) mass is 239 g/mol. The quantitative estimate of drug-likeness (QED) is 0.721. The highest BCUT2D eigenvalue weighted by Gasteiger charge is 2.07. The van der Waals surface area contributed by atoms with E-state index in [0.717, 1.165) is 27.7 Å². The van der Waals surface area contributed by atoms with Gasteiger partial charge in [0.15, 0.2) is 0 Å². The van der Waals surface area contributed by atoms with Crippen LogP contribution < -0.4 is 5.73 Å². The smallest absolute Gasteiger partial charge is 0.133 e. The molecule has 0 aliphatic carbocycles. The normalized spacial score (nSPS) is 10.9. The lowest BCUT2D eigenvalue weighted by molar-refractivity contribution is 0.469. The molecule has 1 aromatic heterocycles. The predicted molar refractivity (Wildman–Crippen MR) is 71.2 cm³/mol. The zero-order chi connectivity index (χ0) is 12.5. The molecule has 0 bridgehead atoms. The van der Waals surface area contributed by atoms with E-state index in [-0.39, 0.29) is 5.75 Å². The molecule has 3 aromatic rings. The number of nitrogens with two attached hydrogens (primary N) is 1. The molecule has 3 rings (SSSR count). The highest BCUT2D eigenvalue weighted by Crippen LogP contribution is 2.30. The summed E-state index contributed by atoms with van der Waals surface area (Å²) in [6, 6.07) is 13.3. The molecule has 3 nitrogen and oxygen atoms in total. The standard InChI is InChI=1S/C15H13NO2/c16-9-13-12-5-3-11(15-2-1-7-18-15)8-10(12)4-6-14(13)17/h1-8,17H,9,16H2. The third-order valence-corrected chi connectivity index (χ3v) is 3.12. The zero-order valence-corrected chi connectivity index (χ0v) is 9.76. The van der Waals surface area contributed by atoms with Gasteiger partial charge in [0.1, 0.15) is 11.5 Å². The van der Waals surface area contributed by atoms with E-state index < -0.39 is 0 Å². The van der Waals surface area contributed by atoms with Crippen LogP contribution in [0.1, 0.15) is 5.56 Å². The Balaban J connectivity index is 2.23. The molecule has 0 radical (unpaired) electrons. The van der Waals surface area contributed by atoms with Gasteiger partial charge in [-0.25, -0.2) is 0 Å². The Morgan fingerprint density at radius 3 is 2.72 bits per heavy atom. The van der Waals surface area contributed by atoms with Crippen LogP contribution >= 0.6 is 0 Å². The third kappa shape index (κ3) is 1.65. The molecule has 90 valence electrons. The van der Waals surface area contributed by atoms with E-state index in [2.05, 4.69) is 0 Å². The number of fused-ring (bicyclic) bond motifs is 1. The molecule has 3 N–H and O–H groups in total. The van der Waals surface area contributed by atoms with Crippen LogP contribution in [0.25, 0.3) is 22.1 Å². The maximum absolute atomic E-state index is 9.76. The fourth-order valence-corrected chi connectivity index (χ4v) is 2.19. The summed E-state index contributed by atoms with van der Waals surface area (Å²) >= 11 is 0. The van der Waals surface area contributed by atoms with Crippen molar-refractivity contribution < 1.29 is 9.52 Å². The van der Waals surface area contributed by atoms with Gasteiger partial charge >= 0.3 is 0 Å². The first-order valence-electron chi connectivity index (χ1n) is 5.78. The number of rotatable bonds is 2. The zero-order valence-electron chi connectivity index (χ0n) is 9.76. The van der Waals surface area contributed by atoms with Crippen LogP contribution in [0.3, 0.4) is 0 Å². The Kier molecular flexibility index (Phi) is 2.54. The van der Waals surface area contributed by atoms with Crippen molar-refractivity contribution in [3.8, 4) is 17.1 Å². The fraction of sp³-hybridized carbons (Fsp3) is 0.0667. The second-order valence-corrected chi connectivity index (χ2v) is 4.18. The van der Waals surface area contributed by atoms with E-state index >= 15 is 0 Å². The SMILES string of the molecule is NCc1c(O)ccc2cc(-c3ccco3)ccc12. The van der Waals surface area contributed by atoms with Crippen LogP contribution in [0, 0.1) is 0 Å². The highest BCUT2D eigenvalue weighted by atomic mass is 16.3. The Morgan fingerprint density at radius 2 is 2.00 bits per heavy atom. The van der Waals surface area contributed by atoms with Crippen LogP contribution in [0.5, 0.6) is 5.75 Å². The molecule has 2 aromatic carbocycles. The number of furan rings is 1. The number of benzene rings is 2. The van der Waals surface area contributed by atoms with Gasteiger partial charge in [-0.05, 0) is 35.0 Å². The largest absolute Gasteiger partial charge is 0.508 e. The molecule has 0 atom stereocenters. The molecule has 0 aliphatic rings. The van der Waals surface area contributed by atoms with Crippen LogP contribution in [0.2, 0.25) is 0 Å². The minimum Gasteiger partial charge on any atom is -0.508 e. The topological polar surface area (TPSA) is 59.4 Å². The van der Waals surface area contributed by atoms with Crippen molar-refractivity contribution in [2.24, 2.45) is 5.73 Å². The molecule has 1 heterocycles. The number of phenolic OH excluding ortho intramolecular Hbond substituents is 1. The molecule has 0 fully saturated rings. The molecule has 0 saturated carbocycles. The number of aromatic hydroxyl groups is 1. The Bertz CT molecular complexity index is 687. The minimum atomic E-state index is 0.246. The molecule has 0 spiro atoms. The summed E-state index contributed by atoms with van der Waals surface area (Å²) in [4.78, 5) is 0. The van der Waals surface area contributed by atoms with Gasteiger partial charge in [-0.1, -0.05) is 18.2 Å². The van der Waals surface area contributed by atoms with Crippen molar-refractivity contribution >= 4 is 10.8 Å². The van der Waals surface area contributed by atoms with Gasteiger partial charge in [0, 0.05) is 17.7 Å². The maximum atomic E-state index is 9.76. The van der Waals surface area contributed by atoms with Crippen molar-refractivity contribution in [2.45, 2.75) is 6.54 Å². The maximum Gasteiger partial charge on any atom is 0.133 e. The average molecular weight is 239 g/mol. The van der Waals surface area contributed by atoms with Crippen LogP contribution in [0.15, 0.2) is 53.1 Å². The third-order valence-electron chi connectivity index (χ3n) is 3.12. The van der Waals surface area contributed by atoms with E-state index in [9.17, 15) is 5.11 Å². The van der Waals surface area contributed by atoms with E-state index in [0.29, 0.717) is 6.54 Å². The van der Waals surface area contributed by atoms with Crippen molar-refractivity contribution in [3.05, 3.63) is 54.3 Å². The van der Waals surface area contributed by atoms with Gasteiger partial charge in [0.05, 0.1) is 6.26 Å². The summed E-state index contributed by atoms with van der Waals surface area (Å²) in [6.07, 6.45) is 1.65. The number of phenols is 1. The average Bonchev–Trinajstić information content (AvgIpc) is 2.92. The first kappa shape index (κ1) is 10.9. The van der Waals surface area contributed by atoms with Crippen molar-refractivity contribution in [3.63, 3.8) is 0 Å². The molecular weight excluding hydrogens is 226 g/mol. The molecule has 0 aliphatic heterocycles. The first-order valence-corrected chi connectivity index (χ1v) is 5.78. The predicted octanol–water partition coefficient (Wildman–Crippen LogP) is 3.26. The Labute approximate surface area is 104 Å². The summed E-state index contributed by atoms with van der Waals surface area (Å²) < 4.78 is 5.37. The summed E-state index contributed by atoms with van der Waals surface area (Å²) in [7, 11) is 0. The second kappa shape index (κ2) is 4.20. The first-order chi connectivity index (χ1) is 8.79. The summed E-state index contributed by atoms with van der Waals surface area (Å²) in [5, 5.41) is 11.8. The summed E-state index contributed by atoms with van der Waals surface area (Å²) in [5.74, 6) is 1.08. The number of hydrogen-bond donors (Lipinski definition) is 2. The fourth-order valence-electron chi connectivity index (χ4n) is 2.19. The molecule has 3 heteroatoms. The molecule has 0 saturated heterocycles. The van der Waals surface area contributed by atoms with Gasteiger partial charge in [0.2, 0.25) is 0 Å². The number of hydrogen-bond acceptors (Lipinski definition) is 3. The van der Waals surface area contributed by atoms with Gasteiger partial charge in [0.25, 0.3) is 0 Å².